The Morgan fingerprint density at radius 1 is 1.14 bits per heavy atom. The monoisotopic (exact) mass is 314 g/mol. The Labute approximate surface area is 133 Å². The number of anilines is 1. The average molecular weight is 314 g/mol. The largest absolute Gasteiger partial charge is 0.313 e. The number of likely N-dealkylation sites (tertiary alicyclic amines) is 1. The predicted octanol–water partition coefficient (Wildman–Crippen LogP) is 3.88. The molecule has 3 heterocycles. The highest BCUT2D eigenvalue weighted by Crippen LogP contribution is 2.44. The number of nitrogens with zero attached hydrogens (tertiary/aromatic N) is 3. The molecule has 1 aromatic carbocycles. The second kappa shape index (κ2) is 5.83. The van der Waals surface area contributed by atoms with Gasteiger partial charge in [0, 0.05) is 25.0 Å². The highest BCUT2D eigenvalue weighted by atomic mass is 32.2. The Morgan fingerprint density at radius 3 is 2.67 bits per heavy atom. The minimum absolute atomic E-state index is 0.326. The van der Waals surface area contributed by atoms with Gasteiger partial charge in [-0.05, 0) is 25.0 Å². The van der Waals surface area contributed by atoms with Crippen molar-refractivity contribution in [2.24, 2.45) is 0 Å². The van der Waals surface area contributed by atoms with Crippen LogP contribution in [0.1, 0.15) is 17.7 Å². The molecule has 1 fully saturated rings. The zero-order valence-corrected chi connectivity index (χ0v) is 13.2. The van der Waals surface area contributed by atoms with Crippen molar-refractivity contribution in [1.82, 2.24) is 9.88 Å². The van der Waals surface area contributed by atoms with E-state index in [0.717, 1.165) is 0 Å². The molecule has 5 heteroatoms. The molecular formula is C16H16N3S2. The zero-order chi connectivity index (χ0) is 14.1. The quantitative estimate of drug-likeness (QED) is 0.856. The van der Waals surface area contributed by atoms with E-state index in [2.05, 4.69) is 51.3 Å². The topological polar surface area (TPSA) is 19.4 Å². The van der Waals surface area contributed by atoms with Gasteiger partial charge in [0.15, 0.2) is 0 Å². The molecular weight excluding hydrogens is 298 g/mol. The lowest BCUT2D eigenvalue weighted by Gasteiger charge is -2.31. The Kier molecular flexibility index (Phi) is 3.71. The fraction of sp³-hybridized carbons (Fsp3) is 0.312. The zero-order valence-electron chi connectivity index (χ0n) is 11.6. The van der Waals surface area contributed by atoms with Gasteiger partial charge in [-0.25, -0.2) is 0 Å². The van der Waals surface area contributed by atoms with Crippen molar-refractivity contribution in [3.05, 3.63) is 53.1 Å². The van der Waals surface area contributed by atoms with E-state index in [-0.39, 0.29) is 0 Å². The molecule has 0 aliphatic carbocycles. The number of thiazole rings is 1. The molecule has 0 saturated carbocycles. The fourth-order valence-electron chi connectivity index (χ4n) is 2.77. The van der Waals surface area contributed by atoms with Crippen molar-refractivity contribution < 1.29 is 0 Å². The summed E-state index contributed by atoms with van der Waals surface area (Å²) in [5.41, 5.74) is 3.43. The minimum atomic E-state index is 0.326. The third-order valence-corrected chi connectivity index (χ3v) is 6.00. The van der Waals surface area contributed by atoms with Gasteiger partial charge in [-0.1, -0.05) is 30.0 Å². The number of hydrogen-bond acceptors (Lipinski definition) is 5. The highest BCUT2D eigenvalue weighted by Gasteiger charge is 2.34. The van der Waals surface area contributed by atoms with Gasteiger partial charge >= 0.3 is 0 Å². The summed E-state index contributed by atoms with van der Waals surface area (Å²) >= 11 is 3.58. The fourth-order valence-corrected chi connectivity index (χ4v) is 4.74. The maximum atomic E-state index is 4.20. The summed E-state index contributed by atoms with van der Waals surface area (Å²) < 4.78 is 0. The third kappa shape index (κ3) is 2.61. The van der Waals surface area contributed by atoms with Gasteiger partial charge in [0.05, 0.1) is 21.5 Å². The summed E-state index contributed by atoms with van der Waals surface area (Å²) in [5, 5.41) is 0. The third-order valence-electron chi connectivity index (χ3n) is 3.81. The van der Waals surface area contributed by atoms with Gasteiger partial charge in [-0.15, -0.1) is 11.3 Å². The van der Waals surface area contributed by atoms with Crippen LogP contribution in [0.5, 0.6) is 0 Å². The van der Waals surface area contributed by atoms with E-state index in [1.54, 1.807) is 11.3 Å². The number of hydrogen-bond donors (Lipinski definition) is 0. The smallest absolute Gasteiger partial charge is 0.139 e. The van der Waals surface area contributed by atoms with Crippen LogP contribution < -0.4 is 4.90 Å². The standard InChI is InChI=1S/C16H16N3S2/c1-2-6-13(7-3-1)19-11-15(14-10-17-12-20-14)21-16(19)18-8-4-5-9-18/h1-3,6-7,10,12,16H,4-5,8-9H2. The van der Waals surface area contributed by atoms with Crippen LogP contribution in [0.15, 0.2) is 42.0 Å². The van der Waals surface area contributed by atoms with E-state index in [1.807, 2.05) is 23.5 Å². The van der Waals surface area contributed by atoms with Crippen LogP contribution in [0.3, 0.4) is 0 Å². The van der Waals surface area contributed by atoms with Crippen LogP contribution in [-0.2, 0) is 0 Å². The van der Waals surface area contributed by atoms with Crippen molar-refractivity contribution in [2.45, 2.75) is 18.3 Å². The summed E-state index contributed by atoms with van der Waals surface area (Å²) in [6.07, 6.45) is 8.12. The van der Waals surface area contributed by atoms with Crippen LogP contribution in [0.2, 0.25) is 0 Å². The molecule has 2 aromatic rings. The van der Waals surface area contributed by atoms with Gasteiger partial charge in [0.25, 0.3) is 0 Å². The molecule has 3 nitrogen and oxygen atoms in total. The number of benzene rings is 1. The summed E-state index contributed by atoms with van der Waals surface area (Å²) in [5.74, 6) is 0. The molecule has 1 saturated heterocycles. The maximum absolute atomic E-state index is 4.20. The van der Waals surface area contributed by atoms with Gasteiger partial charge in [-0.3, -0.25) is 9.88 Å². The Bertz CT molecular complexity index is 618. The van der Waals surface area contributed by atoms with Gasteiger partial charge in [-0.2, -0.15) is 0 Å². The van der Waals surface area contributed by atoms with Crippen LogP contribution in [0, 0.1) is 6.20 Å². The molecule has 2 aliphatic heterocycles. The van der Waals surface area contributed by atoms with E-state index in [0.29, 0.717) is 5.50 Å². The molecule has 0 amide bonds. The molecule has 107 valence electrons. The van der Waals surface area contributed by atoms with Gasteiger partial charge in [0.2, 0.25) is 0 Å². The van der Waals surface area contributed by atoms with Gasteiger partial charge in [0.1, 0.15) is 5.50 Å². The molecule has 4 rings (SSSR count). The minimum Gasteiger partial charge on any atom is -0.313 e. The summed E-state index contributed by atoms with van der Waals surface area (Å²) in [4.78, 5) is 11.5. The Hall–Kier alpha value is -1.30. The van der Waals surface area contributed by atoms with Crippen molar-refractivity contribution >= 4 is 33.7 Å². The number of para-hydroxylation sites is 1. The molecule has 1 radical (unpaired) electrons. The second-order valence-corrected chi connectivity index (χ2v) is 7.15. The lowest BCUT2D eigenvalue weighted by molar-refractivity contribution is 0.320. The van der Waals surface area contributed by atoms with Crippen LogP contribution >= 0.6 is 23.1 Å². The van der Waals surface area contributed by atoms with E-state index in [9.17, 15) is 0 Å². The lowest BCUT2D eigenvalue weighted by Crippen LogP contribution is -2.40. The normalized spacial score (nSPS) is 22.8. The van der Waals surface area contributed by atoms with E-state index < -0.39 is 0 Å². The first-order valence-corrected chi connectivity index (χ1v) is 8.95. The first kappa shape index (κ1) is 13.4. The first-order chi connectivity index (χ1) is 10.4. The second-order valence-electron chi connectivity index (χ2n) is 5.20. The summed E-state index contributed by atoms with van der Waals surface area (Å²) in [6, 6.07) is 10.6. The first-order valence-electron chi connectivity index (χ1n) is 7.19. The van der Waals surface area contributed by atoms with Crippen molar-refractivity contribution in [3.8, 4) is 0 Å². The van der Waals surface area contributed by atoms with Gasteiger partial charge < -0.3 is 4.90 Å². The SMILES string of the molecule is [C]1=C(c2cncs2)SC(N2CCCC2)N1c1ccccc1. The molecule has 2 aliphatic rings. The van der Waals surface area contributed by atoms with Crippen LogP contribution in [0.25, 0.3) is 4.91 Å². The number of thioether (sulfide) groups is 1. The van der Waals surface area contributed by atoms with Crippen molar-refractivity contribution in [2.75, 3.05) is 18.0 Å². The van der Waals surface area contributed by atoms with E-state index in [1.165, 1.54) is 41.4 Å². The van der Waals surface area contributed by atoms with Crippen LogP contribution in [0.4, 0.5) is 5.69 Å². The lowest BCUT2D eigenvalue weighted by atomic mass is 10.3. The average Bonchev–Trinajstić information content (AvgIpc) is 3.27. The predicted molar refractivity (Wildman–Crippen MR) is 89.9 cm³/mol. The number of rotatable bonds is 3. The van der Waals surface area contributed by atoms with Crippen molar-refractivity contribution in [1.29, 1.82) is 0 Å². The summed E-state index contributed by atoms with van der Waals surface area (Å²) in [7, 11) is 0. The molecule has 0 bridgehead atoms. The highest BCUT2D eigenvalue weighted by molar-refractivity contribution is 8.09. The molecule has 1 atom stereocenters. The Balaban J connectivity index is 1.67. The molecule has 21 heavy (non-hydrogen) atoms. The molecule has 0 N–H and O–H groups in total. The molecule has 0 spiro atoms. The van der Waals surface area contributed by atoms with Crippen molar-refractivity contribution in [3.63, 3.8) is 0 Å². The van der Waals surface area contributed by atoms with E-state index >= 15 is 0 Å². The van der Waals surface area contributed by atoms with Crippen LogP contribution in [-0.4, -0.2) is 28.5 Å². The number of aromatic nitrogens is 1. The Morgan fingerprint density at radius 2 is 1.95 bits per heavy atom. The van der Waals surface area contributed by atoms with E-state index in [4.69, 9.17) is 0 Å². The summed E-state index contributed by atoms with van der Waals surface area (Å²) in [6.45, 7) is 2.36. The maximum Gasteiger partial charge on any atom is 0.139 e. The molecule has 1 aromatic heterocycles. The molecule has 1 unspecified atom stereocenters.